The number of unbranched alkanes of at least 4 members (excludes halogenated alkanes) is 3. The number of hydrogen-bond donors (Lipinski definition) is 1. The summed E-state index contributed by atoms with van der Waals surface area (Å²) in [5, 5.41) is 2.79. The maximum atomic E-state index is 13.4. The van der Waals surface area contributed by atoms with Gasteiger partial charge in [-0.25, -0.2) is 4.39 Å². The highest BCUT2D eigenvalue weighted by molar-refractivity contribution is 14.1. The standard InChI is InChI=1S/C14H19FINO2/c1-19-13-7-6-11(10-12(13)15)14(18)17-9-5-3-2-4-8-16/h6-7,10H,2-5,8-9H2,1H3,(H,17,18). The molecule has 0 radical (unpaired) electrons. The Kier molecular flexibility index (Phi) is 7.78. The first kappa shape index (κ1) is 16.2. The second-order valence-electron chi connectivity index (χ2n) is 4.21. The summed E-state index contributed by atoms with van der Waals surface area (Å²) < 4.78 is 19.4. The van der Waals surface area contributed by atoms with E-state index in [0.717, 1.165) is 12.8 Å². The fourth-order valence-corrected chi connectivity index (χ4v) is 2.22. The van der Waals surface area contributed by atoms with Crippen molar-refractivity contribution in [1.82, 2.24) is 5.32 Å². The van der Waals surface area contributed by atoms with Crippen molar-refractivity contribution in [1.29, 1.82) is 0 Å². The number of carbonyl (C=O) groups excluding carboxylic acids is 1. The predicted octanol–water partition coefficient (Wildman–Crippen LogP) is 3.56. The van der Waals surface area contributed by atoms with Crippen LogP contribution in [-0.4, -0.2) is 24.0 Å². The van der Waals surface area contributed by atoms with Gasteiger partial charge in [0.05, 0.1) is 7.11 Å². The summed E-state index contributed by atoms with van der Waals surface area (Å²) in [6, 6.07) is 4.22. The van der Waals surface area contributed by atoms with Crippen molar-refractivity contribution >= 4 is 28.5 Å². The third kappa shape index (κ3) is 5.76. The van der Waals surface area contributed by atoms with Crippen LogP contribution in [0.25, 0.3) is 0 Å². The summed E-state index contributed by atoms with van der Waals surface area (Å²) >= 11 is 2.36. The second kappa shape index (κ2) is 9.12. The summed E-state index contributed by atoms with van der Waals surface area (Å²) in [6.07, 6.45) is 4.48. The van der Waals surface area contributed by atoms with Crippen LogP contribution in [0.5, 0.6) is 5.75 Å². The van der Waals surface area contributed by atoms with Gasteiger partial charge in [0.15, 0.2) is 11.6 Å². The lowest BCUT2D eigenvalue weighted by molar-refractivity contribution is 0.0952. The Morgan fingerprint density at radius 3 is 2.68 bits per heavy atom. The van der Waals surface area contributed by atoms with E-state index >= 15 is 0 Å². The first-order valence-electron chi connectivity index (χ1n) is 6.36. The van der Waals surface area contributed by atoms with E-state index in [-0.39, 0.29) is 11.7 Å². The number of benzene rings is 1. The van der Waals surface area contributed by atoms with E-state index in [1.807, 2.05) is 0 Å². The van der Waals surface area contributed by atoms with Gasteiger partial charge in [-0.05, 0) is 35.5 Å². The van der Waals surface area contributed by atoms with Crippen LogP contribution in [0.3, 0.4) is 0 Å². The number of alkyl halides is 1. The lowest BCUT2D eigenvalue weighted by Gasteiger charge is -2.07. The molecule has 3 nitrogen and oxygen atoms in total. The van der Waals surface area contributed by atoms with Gasteiger partial charge in [0.25, 0.3) is 5.91 Å². The molecule has 0 bridgehead atoms. The van der Waals surface area contributed by atoms with E-state index in [1.165, 1.54) is 36.5 Å². The molecule has 1 aromatic carbocycles. The van der Waals surface area contributed by atoms with Crippen LogP contribution in [0, 0.1) is 5.82 Å². The van der Waals surface area contributed by atoms with Gasteiger partial charge in [-0.2, -0.15) is 0 Å². The van der Waals surface area contributed by atoms with Crippen LogP contribution in [0.4, 0.5) is 4.39 Å². The Bertz CT molecular complexity index is 412. The molecule has 1 aromatic rings. The number of halogens is 2. The Hall–Kier alpha value is -0.850. The molecular formula is C14H19FINO2. The number of methoxy groups -OCH3 is 1. The number of nitrogens with one attached hydrogen (secondary N) is 1. The molecule has 0 saturated heterocycles. The zero-order chi connectivity index (χ0) is 14.1. The zero-order valence-corrected chi connectivity index (χ0v) is 13.2. The second-order valence-corrected chi connectivity index (χ2v) is 5.29. The van der Waals surface area contributed by atoms with Gasteiger partial charge < -0.3 is 10.1 Å². The Labute approximate surface area is 127 Å². The molecule has 0 atom stereocenters. The van der Waals surface area contributed by atoms with Gasteiger partial charge in [-0.3, -0.25) is 4.79 Å². The molecule has 0 aliphatic carbocycles. The Morgan fingerprint density at radius 2 is 2.05 bits per heavy atom. The van der Waals surface area contributed by atoms with Gasteiger partial charge in [0.2, 0.25) is 0 Å². The maximum absolute atomic E-state index is 13.4. The normalized spacial score (nSPS) is 10.3. The first-order chi connectivity index (χ1) is 9.19. The Morgan fingerprint density at radius 1 is 1.32 bits per heavy atom. The average Bonchev–Trinajstić information content (AvgIpc) is 2.42. The van der Waals surface area contributed by atoms with E-state index in [2.05, 4.69) is 27.9 Å². The van der Waals surface area contributed by atoms with Crippen molar-refractivity contribution in [3.8, 4) is 5.75 Å². The van der Waals surface area contributed by atoms with E-state index in [4.69, 9.17) is 4.74 Å². The fourth-order valence-electron chi connectivity index (χ4n) is 1.68. The van der Waals surface area contributed by atoms with Gasteiger partial charge in [0, 0.05) is 12.1 Å². The zero-order valence-electron chi connectivity index (χ0n) is 11.0. The lowest BCUT2D eigenvalue weighted by atomic mass is 10.2. The van der Waals surface area contributed by atoms with Crippen LogP contribution in [0.2, 0.25) is 0 Å². The first-order valence-corrected chi connectivity index (χ1v) is 7.89. The van der Waals surface area contributed by atoms with E-state index < -0.39 is 5.82 Å². The molecule has 0 saturated carbocycles. The average molecular weight is 379 g/mol. The summed E-state index contributed by atoms with van der Waals surface area (Å²) in [4.78, 5) is 11.8. The minimum absolute atomic E-state index is 0.148. The van der Waals surface area contributed by atoms with Crippen molar-refractivity contribution in [3.05, 3.63) is 29.6 Å². The maximum Gasteiger partial charge on any atom is 0.251 e. The summed E-state index contributed by atoms with van der Waals surface area (Å²) in [5.74, 6) is -0.608. The number of amides is 1. The Balaban J connectivity index is 2.35. The molecule has 106 valence electrons. The van der Waals surface area contributed by atoms with Crippen LogP contribution < -0.4 is 10.1 Å². The van der Waals surface area contributed by atoms with Gasteiger partial charge >= 0.3 is 0 Å². The van der Waals surface area contributed by atoms with E-state index in [9.17, 15) is 9.18 Å². The number of ether oxygens (including phenoxy) is 1. The molecule has 0 spiro atoms. The van der Waals surface area contributed by atoms with Crippen LogP contribution in [0.15, 0.2) is 18.2 Å². The SMILES string of the molecule is COc1ccc(C(=O)NCCCCCCI)cc1F. The third-order valence-corrected chi connectivity index (χ3v) is 3.52. The van der Waals surface area contributed by atoms with Crippen molar-refractivity contribution in [3.63, 3.8) is 0 Å². The van der Waals surface area contributed by atoms with Crippen molar-refractivity contribution in [2.75, 3.05) is 18.1 Å². The summed E-state index contributed by atoms with van der Waals surface area (Å²) in [6.45, 7) is 0.633. The van der Waals surface area contributed by atoms with Gasteiger partial charge in [-0.1, -0.05) is 35.4 Å². The fraction of sp³-hybridized carbons (Fsp3) is 0.500. The molecule has 1 amide bonds. The number of hydrogen-bond acceptors (Lipinski definition) is 2. The van der Waals surface area contributed by atoms with Gasteiger partial charge in [-0.15, -0.1) is 0 Å². The van der Waals surface area contributed by atoms with E-state index in [1.54, 1.807) is 6.07 Å². The van der Waals surface area contributed by atoms with E-state index in [0.29, 0.717) is 12.1 Å². The van der Waals surface area contributed by atoms with Crippen molar-refractivity contribution in [2.24, 2.45) is 0 Å². The predicted molar refractivity (Wildman–Crippen MR) is 82.6 cm³/mol. The monoisotopic (exact) mass is 379 g/mol. The minimum atomic E-state index is -0.516. The highest BCUT2D eigenvalue weighted by Gasteiger charge is 2.09. The third-order valence-electron chi connectivity index (χ3n) is 2.76. The highest BCUT2D eigenvalue weighted by Crippen LogP contribution is 2.17. The summed E-state index contributed by atoms with van der Waals surface area (Å²) in [5.41, 5.74) is 0.325. The molecule has 0 aliphatic heterocycles. The van der Waals surface area contributed by atoms with Crippen LogP contribution >= 0.6 is 22.6 Å². The van der Waals surface area contributed by atoms with Crippen LogP contribution in [-0.2, 0) is 0 Å². The molecule has 0 fully saturated rings. The molecule has 19 heavy (non-hydrogen) atoms. The van der Waals surface area contributed by atoms with Crippen molar-refractivity contribution < 1.29 is 13.9 Å². The molecule has 0 unspecified atom stereocenters. The smallest absolute Gasteiger partial charge is 0.251 e. The molecule has 1 N–H and O–H groups in total. The largest absolute Gasteiger partial charge is 0.494 e. The number of rotatable bonds is 8. The van der Waals surface area contributed by atoms with Crippen LogP contribution in [0.1, 0.15) is 36.0 Å². The molecule has 0 aromatic heterocycles. The highest BCUT2D eigenvalue weighted by atomic mass is 127. The lowest BCUT2D eigenvalue weighted by Crippen LogP contribution is -2.24. The molecule has 0 heterocycles. The quantitative estimate of drug-likeness (QED) is 0.426. The minimum Gasteiger partial charge on any atom is -0.494 e. The van der Waals surface area contributed by atoms with Crippen molar-refractivity contribution in [2.45, 2.75) is 25.7 Å². The van der Waals surface area contributed by atoms with Gasteiger partial charge in [0.1, 0.15) is 0 Å². The topological polar surface area (TPSA) is 38.3 Å². The molecule has 1 rings (SSSR count). The molecule has 5 heteroatoms. The number of carbonyl (C=O) groups is 1. The molecular weight excluding hydrogens is 360 g/mol. The summed E-state index contributed by atoms with van der Waals surface area (Å²) in [7, 11) is 1.40. The molecule has 0 aliphatic rings.